The van der Waals surface area contributed by atoms with Crippen molar-refractivity contribution in [3.8, 4) is 6.07 Å². The number of aliphatic hydroxyl groups is 1. The molecule has 1 fully saturated rings. The molecule has 1 aliphatic rings. The van der Waals surface area contributed by atoms with Gasteiger partial charge in [-0.1, -0.05) is 0 Å². The molecule has 4 heteroatoms. The fourth-order valence-corrected chi connectivity index (χ4v) is 0.903. The second-order valence-corrected chi connectivity index (χ2v) is 2.16. The van der Waals surface area contributed by atoms with Gasteiger partial charge >= 0.3 is 0 Å². The van der Waals surface area contributed by atoms with Crippen LogP contribution in [0.2, 0.25) is 0 Å². The molecule has 0 aromatic heterocycles. The molecule has 2 N–H and O–H groups in total. The molecular weight excluding hydrogens is 120 g/mol. The predicted molar refractivity (Wildman–Crippen MR) is 28.3 cm³/mol. The van der Waals surface area contributed by atoms with E-state index in [9.17, 15) is 0 Å². The molecule has 0 spiro atoms. The number of hydroxylamine groups is 2. The van der Waals surface area contributed by atoms with E-state index in [0.717, 1.165) is 0 Å². The minimum atomic E-state index is -1.61. The van der Waals surface area contributed by atoms with E-state index in [2.05, 4.69) is 0 Å². The van der Waals surface area contributed by atoms with Crippen LogP contribution < -0.4 is 0 Å². The van der Waals surface area contributed by atoms with Crippen molar-refractivity contribution in [3.05, 3.63) is 0 Å². The minimum Gasteiger partial charge on any atom is -0.362 e. The monoisotopic (exact) mass is 128 g/mol. The molecule has 0 saturated carbocycles. The smallest absolute Gasteiger partial charge is 0.229 e. The van der Waals surface area contributed by atoms with Gasteiger partial charge in [0.15, 0.2) is 0 Å². The molecule has 1 rings (SSSR count). The van der Waals surface area contributed by atoms with Gasteiger partial charge in [-0.2, -0.15) is 5.26 Å². The number of hydrogen-bond acceptors (Lipinski definition) is 4. The first-order valence-electron chi connectivity index (χ1n) is 2.79. The first-order chi connectivity index (χ1) is 4.19. The van der Waals surface area contributed by atoms with Crippen LogP contribution in [0.5, 0.6) is 0 Å². The summed E-state index contributed by atoms with van der Waals surface area (Å²) >= 11 is 0. The standard InChI is InChI=1S/C5H8N2O2/c6-4-5(8)2-1-3-7(5)9/h8-9H,1-3H2. The summed E-state index contributed by atoms with van der Waals surface area (Å²) in [5.41, 5.74) is -1.61. The molecule has 1 aliphatic heterocycles. The van der Waals surface area contributed by atoms with Crippen LogP contribution in [0.3, 0.4) is 0 Å². The van der Waals surface area contributed by atoms with E-state index in [1.165, 1.54) is 0 Å². The van der Waals surface area contributed by atoms with Crippen molar-refractivity contribution in [1.82, 2.24) is 5.06 Å². The maximum Gasteiger partial charge on any atom is 0.229 e. The Kier molecular flexibility index (Phi) is 1.41. The van der Waals surface area contributed by atoms with Crippen LogP contribution in [0.15, 0.2) is 0 Å². The van der Waals surface area contributed by atoms with Crippen LogP contribution in [-0.4, -0.2) is 27.6 Å². The van der Waals surface area contributed by atoms with Crippen molar-refractivity contribution in [2.45, 2.75) is 18.6 Å². The summed E-state index contributed by atoms with van der Waals surface area (Å²) in [5, 5.41) is 26.9. The van der Waals surface area contributed by atoms with E-state index in [4.69, 9.17) is 15.6 Å². The largest absolute Gasteiger partial charge is 0.362 e. The molecule has 0 aliphatic carbocycles. The van der Waals surface area contributed by atoms with Crippen molar-refractivity contribution >= 4 is 0 Å². The summed E-state index contributed by atoms with van der Waals surface area (Å²) < 4.78 is 0. The fraction of sp³-hybridized carbons (Fsp3) is 0.800. The van der Waals surface area contributed by atoms with E-state index < -0.39 is 5.72 Å². The summed E-state index contributed by atoms with van der Waals surface area (Å²) in [6.45, 7) is 0.379. The Labute approximate surface area is 52.9 Å². The fourth-order valence-electron chi connectivity index (χ4n) is 0.903. The van der Waals surface area contributed by atoms with Gasteiger partial charge in [-0.15, -0.1) is 5.06 Å². The third-order valence-corrected chi connectivity index (χ3v) is 1.50. The summed E-state index contributed by atoms with van der Waals surface area (Å²) in [7, 11) is 0. The van der Waals surface area contributed by atoms with E-state index in [1.807, 2.05) is 0 Å². The van der Waals surface area contributed by atoms with Gasteiger partial charge < -0.3 is 10.3 Å². The van der Waals surface area contributed by atoms with Gasteiger partial charge in [-0.05, 0) is 6.42 Å². The van der Waals surface area contributed by atoms with Gasteiger partial charge in [0.05, 0.1) is 0 Å². The van der Waals surface area contributed by atoms with Crippen molar-refractivity contribution < 1.29 is 10.3 Å². The number of nitrogens with zero attached hydrogens (tertiary/aromatic N) is 2. The van der Waals surface area contributed by atoms with Gasteiger partial charge in [-0.3, -0.25) is 0 Å². The SMILES string of the molecule is N#CC1(O)CCCN1O. The predicted octanol–water partition coefficient (Wildman–Crippen LogP) is -0.316. The molecule has 1 heterocycles. The average molecular weight is 128 g/mol. The van der Waals surface area contributed by atoms with Gasteiger partial charge in [0.2, 0.25) is 5.72 Å². The Morgan fingerprint density at radius 1 is 1.67 bits per heavy atom. The lowest BCUT2D eigenvalue weighted by atomic mass is 10.2. The van der Waals surface area contributed by atoms with Crippen LogP contribution in [0, 0.1) is 11.3 Å². The molecule has 0 radical (unpaired) electrons. The van der Waals surface area contributed by atoms with E-state index in [1.54, 1.807) is 6.07 Å². The van der Waals surface area contributed by atoms with Crippen molar-refractivity contribution in [1.29, 1.82) is 5.26 Å². The average Bonchev–Trinajstić information content (AvgIpc) is 2.15. The van der Waals surface area contributed by atoms with Crippen molar-refractivity contribution in [2.75, 3.05) is 6.54 Å². The zero-order chi connectivity index (χ0) is 6.91. The quantitative estimate of drug-likeness (QED) is 0.439. The molecule has 4 nitrogen and oxygen atoms in total. The molecule has 0 aromatic rings. The van der Waals surface area contributed by atoms with E-state index in [-0.39, 0.29) is 0 Å². The van der Waals surface area contributed by atoms with E-state index >= 15 is 0 Å². The highest BCUT2D eigenvalue weighted by Gasteiger charge is 2.38. The highest BCUT2D eigenvalue weighted by atomic mass is 16.5. The summed E-state index contributed by atoms with van der Waals surface area (Å²) in [6, 6.07) is 1.62. The Balaban J connectivity index is 2.70. The third-order valence-electron chi connectivity index (χ3n) is 1.50. The molecule has 9 heavy (non-hydrogen) atoms. The molecule has 0 amide bonds. The third kappa shape index (κ3) is 0.900. The zero-order valence-corrected chi connectivity index (χ0v) is 4.91. The maximum absolute atomic E-state index is 9.08. The van der Waals surface area contributed by atoms with Gasteiger partial charge in [0, 0.05) is 13.0 Å². The van der Waals surface area contributed by atoms with Crippen LogP contribution in [0.1, 0.15) is 12.8 Å². The summed E-state index contributed by atoms with van der Waals surface area (Å²) in [5.74, 6) is 0. The van der Waals surface area contributed by atoms with Gasteiger partial charge in [0.1, 0.15) is 6.07 Å². The molecule has 0 aromatic carbocycles. The molecular formula is C5H8N2O2. The number of nitriles is 1. The van der Waals surface area contributed by atoms with Crippen LogP contribution in [0.4, 0.5) is 0 Å². The molecule has 1 unspecified atom stereocenters. The van der Waals surface area contributed by atoms with Gasteiger partial charge in [0.25, 0.3) is 0 Å². The van der Waals surface area contributed by atoms with Crippen molar-refractivity contribution in [3.63, 3.8) is 0 Å². The number of hydrogen-bond donors (Lipinski definition) is 2. The lowest BCUT2D eigenvalue weighted by molar-refractivity contribution is -0.209. The highest BCUT2D eigenvalue weighted by Crippen LogP contribution is 2.22. The highest BCUT2D eigenvalue weighted by molar-refractivity contribution is 5.00. The maximum atomic E-state index is 9.08. The topological polar surface area (TPSA) is 67.5 Å². The Morgan fingerprint density at radius 2 is 2.33 bits per heavy atom. The van der Waals surface area contributed by atoms with Crippen LogP contribution >= 0.6 is 0 Å². The lowest BCUT2D eigenvalue weighted by Crippen LogP contribution is -2.39. The molecule has 1 saturated heterocycles. The Hall–Kier alpha value is -0.630. The first-order valence-corrected chi connectivity index (χ1v) is 2.79. The van der Waals surface area contributed by atoms with Gasteiger partial charge in [-0.25, -0.2) is 0 Å². The van der Waals surface area contributed by atoms with Crippen molar-refractivity contribution in [2.24, 2.45) is 0 Å². The number of rotatable bonds is 0. The van der Waals surface area contributed by atoms with Crippen LogP contribution in [0.25, 0.3) is 0 Å². The van der Waals surface area contributed by atoms with Crippen LogP contribution in [-0.2, 0) is 0 Å². The molecule has 0 bridgehead atoms. The molecule has 50 valence electrons. The lowest BCUT2D eigenvalue weighted by Gasteiger charge is -2.19. The minimum absolute atomic E-state index is 0.333. The normalized spacial score (nSPS) is 36.6. The Morgan fingerprint density at radius 3 is 2.56 bits per heavy atom. The second kappa shape index (κ2) is 1.95. The zero-order valence-electron chi connectivity index (χ0n) is 4.91. The summed E-state index contributed by atoms with van der Waals surface area (Å²) in [4.78, 5) is 0. The first kappa shape index (κ1) is 6.49. The van der Waals surface area contributed by atoms with E-state index in [0.29, 0.717) is 24.4 Å². The Bertz CT molecular complexity index is 154. The molecule has 1 atom stereocenters. The second-order valence-electron chi connectivity index (χ2n) is 2.16. The summed E-state index contributed by atoms with van der Waals surface area (Å²) in [6.07, 6.45) is 1.00.